The molecule has 0 saturated carbocycles. The van der Waals surface area contributed by atoms with E-state index in [0.717, 1.165) is 0 Å². The van der Waals surface area contributed by atoms with Gasteiger partial charge in [0, 0.05) is 18.0 Å². The molecule has 1 rings (SSSR count). The molecule has 2 N–H and O–H groups in total. The number of methoxy groups -OCH3 is 2. The smallest absolute Gasteiger partial charge is 0.222 e. The van der Waals surface area contributed by atoms with Crippen molar-refractivity contribution in [3.8, 4) is 11.5 Å². The molecule has 5 nitrogen and oxygen atoms in total. The number of aliphatic hydroxyl groups excluding tert-OH is 1. The number of rotatable bonds is 6. The Kier molecular flexibility index (Phi) is 5.63. The van der Waals surface area contributed by atoms with Crippen molar-refractivity contribution >= 4 is 5.91 Å². The zero-order chi connectivity index (χ0) is 14.4. The summed E-state index contributed by atoms with van der Waals surface area (Å²) in [6.07, 6.45) is -0.840. The summed E-state index contributed by atoms with van der Waals surface area (Å²) in [6, 6.07) is 5.18. The standard InChI is InChI=1S/C14H21NO4/c1-9(2)14(17)15-8-12(16)11-7-10(18-3)5-6-13(11)19-4/h5-7,9,12,16H,8H2,1-4H3,(H,15,17). The predicted octanol–water partition coefficient (Wildman–Crippen LogP) is 1.51. The van der Waals surface area contributed by atoms with Crippen LogP contribution in [-0.2, 0) is 4.79 Å². The Morgan fingerprint density at radius 2 is 2.00 bits per heavy atom. The molecule has 106 valence electrons. The summed E-state index contributed by atoms with van der Waals surface area (Å²) in [5.41, 5.74) is 0.589. The molecule has 19 heavy (non-hydrogen) atoms. The van der Waals surface area contributed by atoms with E-state index in [1.807, 2.05) is 0 Å². The summed E-state index contributed by atoms with van der Waals surface area (Å²) in [6.45, 7) is 3.74. The van der Waals surface area contributed by atoms with Crippen LogP contribution in [0.25, 0.3) is 0 Å². The van der Waals surface area contributed by atoms with Crippen LogP contribution in [0.1, 0.15) is 25.5 Å². The maximum Gasteiger partial charge on any atom is 0.222 e. The van der Waals surface area contributed by atoms with E-state index >= 15 is 0 Å². The molecular weight excluding hydrogens is 246 g/mol. The van der Waals surface area contributed by atoms with Gasteiger partial charge in [0.25, 0.3) is 0 Å². The Morgan fingerprint density at radius 3 is 2.53 bits per heavy atom. The third-order valence-corrected chi connectivity index (χ3v) is 2.79. The maximum absolute atomic E-state index is 11.5. The number of ether oxygens (including phenoxy) is 2. The molecule has 1 aromatic rings. The molecule has 0 bridgehead atoms. The highest BCUT2D eigenvalue weighted by atomic mass is 16.5. The van der Waals surface area contributed by atoms with Gasteiger partial charge in [0.05, 0.1) is 20.3 Å². The Labute approximate surface area is 113 Å². The topological polar surface area (TPSA) is 67.8 Å². The summed E-state index contributed by atoms with van der Waals surface area (Å²) < 4.78 is 10.3. The molecule has 1 atom stereocenters. The quantitative estimate of drug-likeness (QED) is 0.820. The van der Waals surface area contributed by atoms with Crippen molar-refractivity contribution in [3.05, 3.63) is 23.8 Å². The lowest BCUT2D eigenvalue weighted by Crippen LogP contribution is -2.31. The lowest BCUT2D eigenvalue weighted by atomic mass is 10.1. The van der Waals surface area contributed by atoms with Crippen LogP contribution in [0, 0.1) is 5.92 Å². The monoisotopic (exact) mass is 267 g/mol. The van der Waals surface area contributed by atoms with Gasteiger partial charge < -0.3 is 19.9 Å². The van der Waals surface area contributed by atoms with Gasteiger partial charge >= 0.3 is 0 Å². The number of carbonyl (C=O) groups excluding carboxylic acids is 1. The van der Waals surface area contributed by atoms with Gasteiger partial charge in [0.1, 0.15) is 11.5 Å². The van der Waals surface area contributed by atoms with Crippen molar-refractivity contribution in [2.75, 3.05) is 20.8 Å². The fourth-order valence-electron chi connectivity index (χ4n) is 1.61. The van der Waals surface area contributed by atoms with E-state index in [0.29, 0.717) is 17.1 Å². The first kappa shape index (κ1) is 15.3. The maximum atomic E-state index is 11.5. The van der Waals surface area contributed by atoms with Crippen molar-refractivity contribution in [3.63, 3.8) is 0 Å². The van der Waals surface area contributed by atoms with E-state index in [4.69, 9.17) is 9.47 Å². The molecule has 0 aliphatic heterocycles. The number of aliphatic hydroxyl groups is 1. The van der Waals surface area contributed by atoms with Gasteiger partial charge in [-0.25, -0.2) is 0 Å². The third-order valence-electron chi connectivity index (χ3n) is 2.79. The second-order valence-electron chi connectivity index (χ2n) is 4.52. The highest BCUT2D eigenvalue weighted by Gasteiger charge is 2.16. The minimum absolute atomic E-state index is 0.0964. The molecule has 5 heteroatoms. The molecule has 0 fully saturated rings. The molecule has 0 spiro atoms. The minimum Gasteiger partial charge on any atom is -0.497 e. The van der Waals surface area contributed by atoms with Gasteiger partial charge in [-0.3, -0.25) is 4.79 Å². The largest absolute Gasteiger partial charge is 0.497 e. The molecule has 1 aromatic carbocycles. The number of nitrogens with one attached hydrogen (secondary N) is 1. The van der Waals surface area contributed by atoms with Crippen molar-refractivity contribution < 1.29 is 19.4 Å². The Balaban J connectivity index is 2.79. The molecule has 0 radical (unpaired) electrons. The fourth-order valence-corrected chi connectivity index (χ4v) is 1.61. The number of carbonyl (C=O) groups is 1. The van der Waals surface area contributed by atoms with Crippen molar-refractivity contribution in [2.24, 2.45) is 5.92 Å². The lowest BCUT2D eigenvalue weighted by molar-refractivity contribution is -0.124. The summed E-state index contributed by atoms with van der Waals surface area (Å²) in [5.74, 6) is 0.984. The number of hydrogen-bond acceptors (Lipinski definition) is 4. The Bertz CT molecular complexity index is 431. The first-order chi connectivity index (χ1) is 8.99. The minimum atomic E-state index is -0.840. The highest BCUT2D eigenvalue weighted by Crippen LogP contribution is 2.29. The van der Waals surface area contributed by atoms with Gasteiger partial charge in [0.2, 0.25) is 5.91 Å². The number of benzene rings is 1. The second kappa shape index (κ2) is 6.99. The van der Waals surface area contributed by atoms with Crippen molar-refractivity contribution in [2.45, 2.75) is 20.0 Å². The van der Waals surface area contributed by atoms with E-state index in [-0.39, 0.29) is 18.4 Å². The van der Waals surface area contributed by atoms with Crippen LogP contribution in [0.15, 0.2) is 18.2 Å². The molecular formula is C14H21NO4. The Hall–Kier alpha value is -1.75. The van der Waals surface area contributed by atoms with Crippen molar-refractivity contribution in [1.29, 1.82) is 0 Å². The average molecular weight is 267 g/mol. The van der Waals surface area contributed by atoms with Gasteiger partial charge in [-0.15, -0.1) is 0 Å². The van der Waals surface area contributed by atoms with E-state index in [9.17, 15) is 9.90 Å². The van der Waals surface area contributed by atoms with E-state index in [2.05, 4.69) is 5.32 Å². The molecule has 0 aliphatic rings. The average Bonchev–Trinajstić information content (AvgIpc) is 2.43. The lowest BCUT2D eigenvalue weighted by Gasteiger charge is -2.17. The second-order valence-corrected chi connectivity index (χ2v) is 4.52. The molecule has 0 aromatic heterocycles. The normalized spacial score (nSPS) is 12.1. The van der Waals surface area contributed by atoms with Crippen LogP contribution < -0.4 is 14.8 Å². The van der Waals surface area contributed by atoms with Gasteiger partial charge in [-0.05, 0) is 18.2 Å². The van der Waals surface area contributed by atoms with Crippen molar-refractivity contribution in [1.82, 2.24) is 5.32 Å². The molecule has 0 saturated heterocycles. The van der Waals surface area contributed by atoms with E-state index < -0.39 is 6.10 Å². The van der Waals surface area contributed by atoms with Crippen LogP contribution in [0.3, 0.4) is 0 Å². The summed E-state index contributed by atoms with van der Waals surface area (Å²) in [4.78, 5) is 11.5. The number of amides is 1. The van der Waals surface area contributed by atoms with Crippen LogP contribution in [0.4, 0.5) is 0 Å². The predicted molar refractivity (Wildman–Crippen MR) is 72.4 cm³/mol. The third kappa shape index (κ3) is 4.13. The number of hydrogen-bond donors (Lipinski definition) is 2. The summed E-state index contributed by atoms with van der Waals surface area (Å²) in [7, 11) is 3.09. The van der Waals surface area contributed by atoms with Gasteiger partial charge in [-0.2, -0.15) is 0 Å². The van der Waals surface area contributed by atoms with Gasteiger partial charge in [0.15, 0.2) is 0 Å². The van der Waals surface area contributed by atoms with Crippen LogP contribution in [-0.4, -0.2) is 31.8 Å². The zero-order valence-electron chi connectivity index (χ0n) is 11.8. The molecule has 0 aliphatic carbocycles. The fraction of sp³-hybridized carbons (Fsp3) is 0.500. The van der Waals surface area contributed by atoms with Crippen LogP contribution in [0.5, 0.6) is 11.5 Å². The zero-order valence-corrected chi connectivity index (χ0v) is 11.8. The van der Waals surface area contributed by atoms with Crippen LogP contribution in [0.2, 0.25) is 0 Å². The van der Waals surface area contributed by atoms with E-state index in [1.54, 1.807) is 39.2 Å². The van der Waals surface area contributed by atoms with Gasteiger partial charge in [-0.1, -0.05) is 13.8 Å². The first-order valence-corrected chi connectivity index (χ1v) is 6.17. The van der Waals surface area contributed by atoms with E-state index in [1.165, 1.54) is 7.11 Å². The SMILES string of the molecule is COc1ccc(OC)c(C(O)CNC(=O)C(C)C)c1. The summed E-state index contributed by atoms with van der Waals surface area (Å²) >= 11 is 0. The Morgan fingerprint density at radius 1 is 1.32 bits per heavy atom. The molecule has 1 unspecified atom stereocenters. The summed E-state index contributed by atoms with van der Waals surface area (Å²) in [5, 5.41) is 12.8. The molecule has 1 amide bonds. The first-order valence-electron chi connectivity index (χ1n) is 6.17. The highest BCUT2D eigenvalue weighted by molar-refractivity contribution is 5.77. The molecule has 0 heterocycles. The van der Waals surface area contributed by atoms with Crippen LogP contribution >= 0.6 is 0 Å².